The van der Waals surface area contributed by atoms with Crippen LogP contribution in [0.15, 0.2) is 70.8 Å². The Morgan fingerprint density at radius 2 is 1.92 bits per heavy atom. The average molecular weight is 352 g/mol. The van der Waals surface area contributed by atoms with E-state index in [4.69, 9.17) is 9.41 Å². The smallest absolute Gasteiger partial charge is 0.194 e. The lowest BCUT2D eigenvalue weighted by atomic mass is 10.2. The summed E-state index contributed by atoms with van der Waals surface area (Å²) < 4.78 is 5.39. The van der Waals surface area contributed by atoms with E-state index < -0.39 is 0 Å². The Bertz CT molecular complexity index is 673. The van der Waals surface area contributed by atoms with Crippen LogP contribution in [0.4, 0.5) is 0 Å². The van der Waals surface area contributed by atoms with Gasteiger partial charge in [-0.3, -0.25) is 9.89 Å². The van der Waals surface area contributed by atoms with Crippen LogP contribution in [0.3, 0.4) is 0 Å². The van der Waals surface area contributed by atoms with Crippen molar-refractivity contribution in [3.8, 4) is 0 Å². The second kappa shape index (κ2) is 9.82. The lowest BCUT2D eigenvalue weighted by Gasteiger charge is -2.36. The first-order valence-electron chi connectivity index (χ1n) is 9.28. The number of piperazine rings is 1. The van der Waals surface area contributed by atoms with Gasteiger partial charge in [-0.2, -0.15) is 0 Å². The third-order valence-corrected chi connectivity index (χ3v) is 4.53. The van der Waals surface area contributed by atoms with Gasteiger partial charge in [0.1, 0.15) is 5.76 Å². The Balaban J connectivity index is 1.51. The number of benzene rings is 1. The fourth-order valence-electron chi connectivity index (χ4n) is 3.12. The summed E-state index contributed by atoms with van der Waals surface area (Å²) in [5, 5.41) is 3.39. The van der Waals surface area contributed by atoms with Gasteiger partial charge in [-0.05, 0) is 17.7 Å². The van der Waals surface area contributed by atoms with Crippen LogP contribution in [-0.4, -0.2) is 55.0 Å². The average Bonchev–Trinajstić information content (AvgIpc) is 3.20. The molecule has 1 N–H and O–H groups in total. The van der Waals surface area contributed by atoms with Gasteiger partial charge in [-0.25, -0.2) is 0 Å². The summed E-state index contributed by atoms with van der Waals surface area (Å²) in [6.45, 7) is 10.3. The second-order valence-corrected chi connectivity index (χ2v) is 6.45. The molecule has 2 aromatic rings. The highest BCUT2D eigenvalue weighted by atomic mass is 16.3. The Hall–Kier alpha value is -2.53. The molecule has 0 atom stereocenters. The maximum absolute atomic E-state index is 5.39. The number of guanidine groups is 1. The first-order chi connectivity index (χ1) is 12.8. The fraction of sp³-hybridized carbons (Fsp3) is 0.381. The standard InChI is InChI=1S/C21H28N4O/c1-2-11-22-21(23-12-10-20-9-6-17-26-20)25-15-13-24(14-16-25)18-19-7-4-3-5-8-19/h2-9,17H,1,10-16,18H2,(H,22,23). The topological polar surface area (TPSA) is 44.0 Å². The summed E-state index contributed by atoms with van der Waals surface area (Å²) in [7, 11) is 0. The number of hydrogen-bond donors (Lipinski definition) is 1. The molecule has 0 spiro atoms. The molecule has 0 unspecified atom stereocenters. The summed E-state index contributed by atoms with van der Waals surface area (Å²) >= 11 is 0. The van der Waals surface area contributed by atoms with Gasteiger partial charge in [-0.1, -0.05) is 36.4 Å². The van der Waals surface area contributed by atoms with E-state index in [1.807, 2.05) is 18.2 Å². The van der Waals surface area contributed by atoms with Crippen LogP contribution < -0.4 is 5.32 Å². The minimum atomic E-state index is 0.719. The van der Waals surface area contributed by atoms with Crippen LogP contribution in [0.2, 0.25) is 0 Å². The van der Waals surface area contributed by atoms with E-state index in [9.17, 15) is 0 Å². The Kier molecular flexibility index (Phi) is 6.90. The molecule has 0 aliphatic carbocycles. The number of hydrogen-bond acceptors (Lipinski definition) is 3. The monoisotopic (exact) mass is 352 g/mol. The summed E-state index contributed by atoms with van der Waals surface area (Å²) in [5.41, 5.74) is 1.37. The number of aliphatic imine (C=N–C) groups is 1. The molecule has 3 rings (SSSR count). The van der Waals surface area contributed by atoms with Gasteiger partial charge in [0.2, 0.25) is 0 Å². The van der Waals surface area contributed by atoms with Crippen molar-refractivity contribution in [3.63, 3.8) is 0 Å². The van der Waals surface area contributed by atoms with Crippen LogP contribution in [0, 0.1) is 0 Å². The highest BCUT2D eigenvalue weighted by Gasteiger charge is 2.19. The van der Waals surface area contributed by atoms with E-state index in [0.29, 0.717) is 0 Å². The molecule has 1 aromatic heterocycles. The number of rotatable bonds is 7. The molecule has 0 amide bonds. The first kappa shape index (κ1) is 18.3. The first-order valence-corrected chi connectivity index (χ1v) is 9.28. The summed E-state index contributed by atoms with van der Waals surface area (Å²) in [4.78, 5) is 9.61. The molecule has 1 saturated heterocycles. The largest absolute Gasteiger partial charge is 0.469 e. The third-order valence-electron chi connectivity index (χ3n) is 4.53. The van der Waals surface area contributed by atoms with Crippen molar-refractivity contribution in [2.45, 2.75) is 13.0 Å². The highest BCUT2D eigenvalue weighted by Crippen LogP contribution is 2.09. The predicted octanol–water partition coefficient (Wildman–Crippen LogP) is 2.77. The zero-order valence-electron chi connectivity index (χ0n) is 15.3. The minimum absolute atomic E-state index is 0.719. The maximum Gasteiger partial charge on any atom is 0.194 e. The number of nitrogens with zero attached hydrogens (tertiary/aromatic N) is 3. The fourth-order valence-corrected chi connectivity index (χ4v) is 3.12. The van der Waals surface area contributed by atoms with Gasteiger partial charge in [-0.15, -0.1) is 6.58 Å². The van der Waals surface area contributed by atoms with Crippen LogP contribution in [0.25, 0.3) is 0 Å². The zero-order valence-corrected chi connectivity index (χ0v) is 15.3. The normalized spacial score (nSPS) is 15.8. The van der Waals surface area contributed by atoms with Gasteiger partial charge in [0.15, 0.2) is 5.96 Å². The van der Waals surface area contributed by atoms with Gasteiger partial charge >= 0.3 is 0 Å². The molecule has 5 heteroatoms. The second-order valence-electron chi connectivity index (χ2n) is 6.45. The maximum atomic E-state index is 5.39. The SMILES string of the molecule is C=CCNC(=NCCc1ccco1)N1CCN(Cc2ccccc2)CC1. The number of nitrogens with one attached hydrogen (secondary N) is 1. The summed E-state index contributed by atoms with van der Waals surface area (Å²) in [5.74, 6) is 1.94. The van der Waals surface area contributed by atoms with Crippen molar-refractivity contribution >= 4 is 5.96 Å². The van der Waals surface area contributed by atoms with E-state index in [2.05, 4.69) is 52.0 Å². The molecule has 1 fully saturated rings. The lowest BCUT2D eigenvalue weighted by molar-refractivity contribution is 0.172. The molecule has 1 aliphatic heterocycles. The van der Waals surface area contributed by atoms with Crippen molar-refractivity contribution < 1.29 is 4.42 Å². The van der Waals surface area contributed by atoms with Gasteiger partial charge < -0.3 is 14.6 Å². The lowest BCUT2D eigenvalue weighted by Crippen LogP contribution is -2.52. The van der Waals surface area contributed by atoms with Gasteiger partial charge in [0.25, 0.3) is 0 Å². The molecule has 26 heavy (non-hydrogen) atoms. The Labute approximate surface area is 156 Å². The quantitative estimate of drug-likeness (QED) is 0.473. The summed E-state index contributed by atoms with van der Waals surface area (Å²) in [6, 6.07) is 14.6. The number of furan rings is 1. The molecule has 1 aliphatic rings. The van der Waals surface area contributed by atoms with Crippen LogP contribution >= 0.6 is 0 Å². The molecule has 0 saturated carbocycles. The van der Waals surface area contributed by atoms with Gasteiger partial charge in [0, 0.05) is 52.2 Å². The van der Waals surface area contributed by atoms with E-state index in [1.165, 1.54) is 5.56 Å². The van der Waals surface area contributed by atoms with E-state index in [-0.39, 0.29) is 0 Å². The molecular weight excluding hydrogens is 324 g/mol. The third kappa shape index (κ3) is 5.49. The van der Waals surface area contributed by atoms with E-state index >= 15 is 0 Å². The van der Waals surface area contributed by atoms with Crippen LogP contribution in [-0.2, 0) is 13.0 Å². The van der Waals surface area contributed by atoms with Crippen LogP contribution in [0.1, 0.15) is 11.3 Å². The minimum Gasteiger partial charge on any atom is -0.469 e. The predicted molar refractivity (Wildman–Crippen MR) is 106 cm³/mol. The molecule has 2 heterocycles. The molecular formula is C21H28N4O. The van der Waals surface area contributed by atoms with Gasteiger partial charge in [0.05, 0.1) is 6.26 Å². The van der Waals surface area contributed by atoms with Crippen molar-refractivity contribution in [1.29, 1.82) is 0 Å². The Morgan fingerprint density at radius 1 is 1.12 bits per heavy atom. The van der Waals surface area contributed by atoms with Crippen molar-refractivity contribution in [3.05, 3.63) is 72.7 Å². The summed E-state index contributed by atoms with van der Waals surface area (Å²) in [6.07, 6.45) is 4.40. The van der Waals surface area contributed by atoms with Crippen molar-refractivity contribution in [2.24, 2.45) is 4.99 Å². The molecule has 1 aromatic carbocycles. The molecule has 138 valence electrons. The van der Waals surface area contributed by atoms with E-state index in [1.54, 1.807) is 6.26 Å². The molecule has 5 nitrogen and oxygen atoms in total. The highest BCUT2D eigenvalue weighted by molar-refractivity contribution is 5.80. The van der Waals surface area contributed by atoms with Crippen molar-refractivity contribution in [2.75, 3.05) is 39.3 Å². The Morgan fingerprint density at radius 3 is 2.62 bits per heavy atom. The van der Waals surface area contributed by atoms with Crippen LogP contribution in [0.5, 0.6) is 0 Å². The van der Waals surface area contributed by atoms with Crippen molar-refractivity contribution in [1.82, 2.24) is 15.1 Å². The molecule has 0 bridgehead atoms. The molecule has 0 radical (unpaired) electrons. The zero-order chi connectivity index (χ0) is 18.0. The van der Waals surface area contributed by atoms with E-state index in [0.717, 1.165) is 64.0 Å².